The Morgan fingerprint density at radius 3 is 2.59 bits per heavy atom. The third-order valence-corrected chi connectivity index (χ3v) is 7.03. The molecule has 0 radical (unpaired) electrons. The number of hydrogen-bond acceptors (Lipinski definition) is 5. The number of carbonyl (C=O) groups excluding carboxylic acids is 1. The van der Waals surface area contributed by atoms with Gasteiger partial charge in [-0.15, -0.1) is 0 Å². The summed E-state index contributed by atoms with van der Waals surface area (Å²) in [4.78, 5) is 17.9. The quantitative estimate of drug-likeness (QED) is 0.233. The molecule has 12 heteroatoms. The van der Waals surface area contributed by atoms with Crippen LogP contribution in [-0.2, 0) is 6.54 Å². The van der Waals surface area contributed by atoms with E-state index < -0.39 is 18.0 Å². The second kappa shape index (κ2) is 10.6. The van der Waals surface area contributed by atoms with Gasteiger partial charge in [0.1, 0.15) is 17.0 Å². The second-order valence-electron chi connectivity index (χ2n) is 8.77. The standard InChI is InChI=1S/C27H22Cl2F2N6O2/c1-14-24(15(2)36(35-14)13-16-8-9-19(28)20(29)10-16)34-27(38)18-12-32-37-22(25(30)31)11-21(33-26(18)37)17-6-4-5-7-23(17)39-3/h4-12,25H,13H2,1-3H3,(H,34,38). The molecule has 0 unspecified atom stereocenters. The SMILES string of the molecule is COc1ccccc1-c1cc(C(F)F)n2ncc(C(=O)Nc3c(C)nn(Cc4ccc(Cl)c(Cl)c4)c3C)c2n1. The molecule has 3 heterocycles. The van der Waals surface area contributed by atoms with Gasteiger partial charge in [0.05, 0.1) is 52.7 Å². The summed E-state index contributed by atoms with van der Waals surface area (Å²) in [5, 5.41) is 12.3. The average Bonchev–Trinajstić information content (AvgIpc) is 3.46. The smallest absolute Gasteiger partial charge is 0.280 e. The molecule has 0 spiro atoms. The highest BCUT2D eigenvalue weighted by Gasteiger charge is 2.24. The number of carbonyl (C=O) groups is 1. The highest BCUT2D eigenvalue weighted by atomic mass is 35.5. The van der Waals surface area contributed by atoms with Gasteiger partial charge in [0, 0.05) is 5.56 Å². The summed E-state index contributed by atoms with van der Waals surface area (Å²) in [5.41, 5.74) is 3.00. The number of fused-ring (bicyclic) bond motifs is 1. The molecule has 8 nitrogen and oxygen atoms in total. The van der Waals surface area contributed by atoms with Crippen molar-refractivity contribution < 1.29 is 18.3 Å². The van der Waals surface area contributed by atoms with Crippen molar-refractivity contribution in [3.8, 4) is 17.0 Å². The molecule has 3 aromatic heterocycles. The Hall–Kier alpha value is -4.02. The van der Waals surface area contributed by atoms with Crippen molar-refractivity contribution in [3.63, 3.8) is 0 Å². The maximum absolute atomic E-state index is 14.0. The van der Waals surface area contributed by atoms with Crippen LogP contribution in [0.4, 0.5) is 14.5 Å². The van der Waals surface area contributed by atoms with Crippen LogP contribution in [0, 0.1) is 13.8 Å². The maximum Gasteiger partial charge on any atom is 0.280 e. The summed E-state index contributed by atoms with van der Waals surface area (Å²) >= 11 is 12.2. The van der Waals surface area contributed by atoms with Gasteiger partial charge in [0.2, 0.25) is 0 Å². The third-order valence-electron chi connectivity index (χ3n) is 6.29. The first-order valence-corrected chi connectivity index (χ1v) is 12.5. The number of nitrogens with one attached hydrogen (secondary N) is 1. The van der Waals surface area contributed by atoms with E-state index in [9.17, 15) is 13.6 Å². The van der Waals surface area contributed by atoms with Crippen molar-refractivity contribution in [3.05, 3.63) is 93.0 Å². The van der Waals surface area contributed by atoms with Crippen LogP contribution >= 0.6 is 23.2 Å². The summed E-state index contributed by atoms with van der Waals surface area (Å²) in [6, 6.07) is 13.5. The molecule has 0 aliphatic carbocycles. The van der Waals surface area contributed by atoms with Gasteiger partial charge in [-0.2, -0.15) is 10.2 Å². The van der Waals surface area contributed by atoms with Crippen molar-refractivity contribution in [1.82, 2.24) is 24.4 Å². The van der Waals surface area contributed by atoms with Crippen molar-refractivity contribution >= 4 is 40.4 Å². The summed E-state index contributed by atoms with van der Waals surface area (Å²) in [5.74, 6) is -0.101. The van der Waals surface area contributed by atoms with Crippen LogP contribution in [0.5, 0.6) is 5.75 Å². The lowest BCUT2D eigenvalue weighted by molar-refractivity contribution is 0.102. The van der Waals surface area contributed by atoms with Gasteiger partial charge >= 0.3 is 0 Å². The fourth-order valence-corrected chi connectivity index (χ4v) is 4.64. The zero-order valence-electron chi connectivity index (χ0n) is 21.0. The Labute approximate surface area is 232 Å². The van der Waals surface area contributed by atoms with Crippen LogP contribution in [0.2, 0.25) is 10.0 Å². The van der Waals surface area contributed by atoms with E-state index in [1.165, 1.54) is 19.4 Å². The highest BCUT2D eigenvalue weighted by molar-refractivity contribution is 6.42. The minimum atomic E-state index is -2.86. The van der Waals surface area contributed by atoms with Gasteiger partial charge in [-0.3, -0.25) is 9.48 Å². The molecule has 0 saturated carbocycles. The van der Waals surface area contributed by atoms with Gasteiger partial charge in [-0.25, -0.2) is 18.3 Å². The lowest BCUT2D eigenvalue weighted by atomic mass is 10.1. The van der Waals surface area contributed by atoms with Crippen molar-refractivity contribution in [2.75, 3.05) is 12.4 Å². The van der Waals surface area contributed by atoms with Crippen LogP contribution in [-0.4, -0.2) is 37.4 Å². The number of benzene rings is 2. The van der Waals surface area contributed by atoms with Crippen molar-refractivity contribution in [2.24, 2.45) is 0 Å². The van der Waals surface area contributed by atoms with E-state index in [2.05, 4.69) is 20.5 Å². The normalized spacial score (nSPS) is 11.4. The molecule has 5 rings (SSSR count). The van der Waals surface area contributed by atoms with E-state index in [1.54, 1.807) is 48.0 Å². The van der Waals surface area contributed by atoms with E-state index in [-0.39, 0.29) is 16.9 Å². The van der Waals surface area contributed by atoms with E-state index in [4.69, 9.17) is 27.9 Å². The fourth-order valence-electron chi connectivity index (χ4n) is 4.32. The zero-order chi connectivity index (χ0) is 27.8. The molecule has 0 atom stereocenters. The Morgan fingerprint density at radius 2 is 1.87 bits per heavy atom. The molecule has 5 aromatic rings. The van der Waals surface area contributed by atoms with Crippen molar-refractivity contribution in [1.29, 1.82) is 0 Å². The molecular formula is C27H22Cl2F2N6O2. The summed E-state index contributed by atoms with van der Waals surface area (Å²) in [6.07, 6.45) is -1.63. The largest absolute Gasteiger partial charge is 0.496 e. The van der Waals surface area contributed by atoms with Crippen LogP contribution < -0.4 is 10.1 Å². The molecule has 1 amide bonds. The van der Waals surface area contributed by atoms with E-state index >= 15 is 0 Å². The topological polar surface area (TPSA) is 86.3 Å². The number of rotatable bonds is 7. The Morgan fingerprint density at radius 1 is 1.10 bits per heavy atom. The zero-order valence-corrected chi connectivity index (χ0v) is 22.6. The molecule has 0 saturated heterocycles. The van der Waals surface area contributed by atoms with Crippen LogP contribution in [0.1, 0.15) is 39.4 Å². The number of hydrogen-bond donors (Lipinski definition) is 1. The number of alkyl halides is 2. The van der Waals surface area contributed by atoms with Crippen LogP contribution in [0.25, 0.3) is 16.9 Å². The van der Waals surface area contributed by atoms with Crippen LogP contribution in [0.15, 0.2) is 54.7 Å². The average molecular weight is 571 g/mol. The number of anilines is 1. The van der Waals surface area contributed by atoms with E-state index in [0.717, 1.165) is 10.1 Å². The predicted molar refractivity (Wildman–Crippen MR) is 145 cm³/mol. The highest BCUT2D eigenvalue weighted by Crippen LogP contribution is 2.32. The Balaban J connectivity index is 1.51. The van der Waals surface area contributed by atoms with Gasteiger partial charge in [0.15, 0.2) is 5.65 Å². The number of ether oxygens (including phenoxy) is 1. The first-order chi connectivity index (χ1) is 18.7. The molecule has 0 aliphatic heterocycles. The number of amides is 1. The molecule has 0 bridgehead atoms. The Kier molecular flexibility index (Phi) is 7.24. The number of nitrogens with zero attached hydrogens (tertiary/aromatic N) is 5. The number of para-hydroxylation sites is 1. The predicted octanol–water partition coefficient (Wildman–Crippen LogP) is 6.76. The third kappa shape index (κ3) is 5.05. The lowest BCUT2D eigenvalue weighted by Crippen LogP contribution is -2.14. The molecular weight excluding hydrogens is 549 g/mol. The molecule has 2 aromatic carbocycles. The van der Waals surface area contributed by atoms with Gasteiger partial charge in [-0.05, 0) is 49.7 Å². The van der Waals surface area contributed by atoms with Crippen molar-refractivity contribution in [2.45, 2.75) is 26.8 Å². The summed E-state index contributed by atoms with van der Waals surface area (Å²) in [7, 11) is 1.48. The van der Waals surface area contributed by atoms with E-state index in [0.29, 0.717) is 45.0 Å². The summed E-state index contributed by atoms with van der Waals surface area (Å²) < 4.78 is 36.1. The van der Waals surface area contributed by atoms with Crippen LogP contribution in [0.3, 0.4) is 0 Å². The molecule has 39 heavy (non-hydrogen) atoms. The second-order valence-corrected chi connectivity index (χ2v) is 9.58. The van der Waals surface area contributed by atoms with E-state index in [1.807, 2.05) is 13.0 Å². The van der Waals surface area contributed by atoms with Gasteiger partial charge < -0.3 is 10.1 Å². The lowest BCUT2D eigenvalue weighted by Gasteiger charge is -2.11. The molecule has 0 aliphatic rings. The first kappa shape index (κ1) is 26.6. The monoisotopic (exact) mass is 570 g/mol. The Bertz CT molecular complexity index is 1720. The van der Waals surface area contributed by atoms with Gasteiger partial charge in [-0.1, -0.05) is 41.4 Å². The molecule has 0 fully saturated rings. The minimum absolute atomic E-state index is 0.00953. The fraction of sp³-hybridized carbons (Fsp3) is 0.185. The number of aromatic nitrogens is 5. The molecule has 1 N–H and O–H groups in total. The van der Waals surface area contributed by atoms with Gasteiger partial charge in [0.25, 0.3) is 12.3 Å². The first-order valence-electron chi connectivity index (χ1n) is 11.8. The molecule has 200 valence electrons. The number of methoxy groups -OCH3 is 1. The maximum atomic E-state index is 14.0. The number of aryl methyl sites for hydroxylation is 1. The number of halogens is 4. The minimum Gasteiger partial charge on any atom is -0.496 e. The summed E-state index contributed by atoms with van der Waals surface area (Å²) in [6.45, 7) is 3.98.